The van der Waals surface area contributed by atoms with Gasteiger partial charge in [0.25, 0.3) is 0 Å². The fourth-order valence-electron chi connectivity index (χ4n) is 6.86. The second-order valence-electron chi connectivity index (χ2n) is 9.38. The average Bonchev–Trinajstić information content (AvgIpc) is 2.86. The Labute approximate surface area is 156 Å². The van der Waals surface area contributed by atoms with Crippen LogP contribution in [0.25, 0.3) is 0 Å². The van der Waals surface area contributed by atoms with E-state index in [2.05, 4.69) is 25.7 Å². The Kier molecular flexibility index (Phi) is 3.80. The van der Waals surface area contributed by atoms with E-state index in [1.807, 2.05) is 19.9 Å². The molecule has 3 nitrogen and oxygen atoms in total. The van der Waals surface area contributed by atoms with Gasteiger partial charge in [-0.25, -0.2) is 0 Å². The maximum absolute atomic E-state index is 13.4. The van der Waals surface area contributed by atoms with Crippen LogP contribution in [0.1, 0.15) is 59.3 Å². The van der Waals surface area contributed by atoms with Crippen molar-refractivity contribution in [1.82, 2.24) is 0 Å². The summed E-state index contributed by atoms with van der Waals surface area (Å²) in [4.78, 5) is 26.0. The quantitative estimate of drug-likeness (QED) is 0.810. The van der Waals surface area contributed by atoms with Gasteiger partial charge in [-0.1, -0.05) is 51.2 Å². The van der Waals surface area contributed by atoms with Crippen LogP contribution in [0.4, 0.5) is 0 Å². The zero-order valence-electron chi connectivity index (χ0n) is 16.2. The van der Waals surface area contributed by atoms with Gasteiger partial charge in [-0.05, 0) is 43.1 Å². The molecule has 0 aromatic rings. The molecular weight excluding hydrogens is 324 g/mol. The molecule has 0 unspecified atom stereocenters. The molecule has 0 radical (unpaired) electrons. The highest BCUT2D eigenvalue weighted by atomic mass is 16.3. The van der Waals surface area contributed by atoms with Crippen molar-refractivity contribution >= 4 is 11.6 Å². The number of hydrogen-bond acceptors (Lipinski definition) is 3. The SMILES string of the molecule is C=C1C=C[C@@]2(C)C(=C1)CC[C@@H]1[C@@H]2C(=O)C[C@@]2(C)[C@H]1CC[C@]2(O)C(=O)CC. The second-order valence-corrected chi connectivity index (χ2v) is 9.38. The number of aliphatic hydroxyl groups is 1. The molecule has 0 bridgehead atoms. The van der Waals surface area contributed by atoms with Crippen LogP contribution >= 0.6 is 0 Å². The summed E-state index contributed by atoms with van der Waals surface area (Å²) >= 11 is 0. The van der Waals surface area contributed by atoms with Crippen LogP contribution in [-0.2, 0) is 9.59 Å². The highest BCUT2D eigenvalue weighted by Crippen LogP contribution is 2.66. The van der Waals surface area contributed by atoms with Crippen LogP contribution < -0.4 is 0 Å². The van der Waals surface area contributed by atoms with Crippen LogP contribution in [0, 0.1) is 28.6 Å². The highest BCUT2D eigenvalue weighted by molar-refractivity contribution is 5.92. The minimum atomic E-state index is -1.33. The summed E-state index contributed by atoms with van der Waals surface area (Å²) in [6.45, 7) is 10.1. The van der Waals surface area contributed by atoms with Gasteiger partial charge < -0.3 is 5.11 Å². The van der Waals surface area contributed by atoms with E-state index in [-0.39, 0.29) is 34.7 Å². The van der Waals surface area contributed by atoms with E-state index in [1.54, 1.807) is 0 Å². The zero-order chi connectivity index (χ0) is 18.9. The predicted molar refractivity (Wildman–Crippen MR) is 101 cm³/mol. The normalized spacial score (nSPS) is 47.1. The number of ketones is 2. The number of Topliss-reactive ketones (excluding diaryl/α,β-unsaturated/α-hetero) is 2. The lowest BCUT2D eigenvalue weighted by Gasteiger charge is -2.57. The summed E-state index contributed by atoms with van der Waals surface area (Å²) in [5.74, 6) is 0.582. The Hall–Kier alpha value is -1.48. The summed E-state index contributed by atoms with van der Waals surface area (Å²) in [5.41, 5.74) is 0.144. The first kappa shape index (κ1) is 17.9. The molecule has 26 heavy (non-hydrogen) atoms. The van der Waals surface area contributed by atoms with Crippen molar-refractivity contribution in [2.75, 3.05) is 0 Å². The summed E-state index contributed by atoms with van der Waals surface area (Å²) < 4.78 is 0. The molecule has 3 heteroatoms. The highest BCUT2D eigenvalue weighted by Gasteiger charge is 2.67. The van der Waals surface area contributed by atoms with Gasteiger partial charge in [0, 0.05) is 29.6 Å². The predicted octanol–water partition coefficient (Wildman–Crippen LogP) is 4.17. The second kappa shape index (κ2) is 5.51. The Morgan fingerprint density at radius 3 is 2.77 bits per heavy atom. The van der Waals surface area contributed by atoms with Crippen molar-refractivity contribution in [2.45, 2.75) is 64.9 Å². The third kappa shape index (κ3) is 2.04. The number of carbonyl (C=O) groups is 2. The van der Waals surface area contributed by atoms with Gasteiger partial charge in [-0.3, -0.25) is 9.59 Å². The first-order valence-corrected chi connectivity index (χ1v) is 10.0. The first-order chi connectivity index (χ1) is 12.2. The molecule has 140 valence electrons. The van der Waals surface area contributed by atoms with Gasteiger partial charge in [0.1, 0.15) is 11.4 Å². The standard InChI is InChI=1S/C23H30O3/c1-5-19(25)23(26)11-9-17-16-7-6-15-12-14(2)8-10-21(15,3)20(16)18(24)13-22(17,23)4/h8,10,12,16-17,20,26H,2,5-7,9,11,13H2,1,3-4H3/t16-,17-,20+,21-,22-,23-/m0/s1. The molecule has 0 spiro atoms. The molecule has 0 heterocycles. The number of hydrogen-bond donors (Lipinski definition) is 1. The summed E-state index contributed by atoms with van der Waals surface area (Å²) in [5, 5.41) is 11.3. The third-order valence-electron chi connectivity index (χ3n) is 8.28. The van der Waals surface area contributed by atoms with Crippen LogP contribution in [0.15, 0.2) is 36.0 Å². The van der Waals surface area contributed by atoms with Crippen molar-refractivity contribution in [3.8, 4) is 0 Å². The van der Waals surface area contributed by atoms with Gasteiger partial charge in [-0.15, -0.1) is 0 Å². The van der Waals surface area contributed by atoms with E-state index in [9.17, 15) is 14.7 Å². The van der Waals surface area contributed by atoms with Crippen molar-refractivity contribution in [3.63, 3.8) is 0 Å². The van der Waals surface area contributed by atoms with Gasteiger partial charge in [0.15, 0.2) is 5.78 Å². The lowest BCUT2D eigenvalue weighted by Crippen LogP contribution is -2.60. The molecule has 0 saturated heterocycles. The zero-order valence-corrected chi connectivity index (χ0v) is 16.2. The molecule has 0 aromatic carbocycles. The van der Waals surface area contributed by atoms with Gasteiger partial charge >= 0.3 is 0 Å². The topological polar surface area (TPSA) is 54.4 Å². The number of rotatable bonds is 2. The maximum atomic E-state index is 13.4. The molecule has 0 amide bonds. The molecule has 4 aliphatic rings. The Morgan fingerprint density at radius 1 is 1.35 bits per heavy atom. The monoisotopic (exact) mass is 354 g/mol. The van der Waals surface area contributed by atoms with Crippen molar-refractivity contribution < 1.29 is 14.7 Å². The fourth-order valence-corrected chi connectivity index (χ4v) is 6.86. The molecule has 6 atom stereocenters. The van der Waals surface area contributed by atoms with Crippen LogP contribution in [-0.4, -0.2) is 22.3 Å². The lowest BCUT2D eigenvalue weighted by molar-refractivity contribution is -0.166. The van der Waals surface area contributed by atoms with Crippen LogP contribution in [0.5, 0.6) is 0 Å². The molecule has 0 aliphatic heterocycles. The van der Waals surface area contributed by atoms with Crippen LogP contribution in [0.2, 0.25) is 0 Å². The van der Waals surface area contributed by atoms with E-state index < -0.39 is 11.0 Å². The average molecular weight is 354 g/mol. The molecule has 3 fully saturated rings. The van der Waals surface area contributed by atoms with Gasteiger partial charge in [-0.2, -0.15) is 0 Å². The molecule has 1 N–H and O–H groups in total. The fraction of sp³-hybridized carbons (Fsp3) is 0.652. The van der Waals surface area contributed by atoms with E-state index in [0.717, 1.165) is 24.8 Å². The molecule has 3 saturated carbocycles. The molecular formula is C23H30O3. The van der Waals surface area contributed by atoms with E-state index in [4.69, 9.17) is 0 Å². The minimum absolute atomic E-state index is 0.0380. The number of allylic oxidation sites excluding steroid dienone is 5. The van der Waals surface area contributed by atoms with Crippen LogP contribution in [0.3, 0.4) is 0 Å². The summed E-state index contributed by atoms with van der Waals surface area (Å²) in [6.07, 6.45) is 10.3. The number of fused-ring (bicyclic) bond motifs is 5. The Balaban J connectivity index is 1.76. The summed E-state index contributed by atoms with van der Waals surface area (Å²) in [7, 11) is 0. The Bertz CT molecular complexity index is 759. The first-order valence-electron chi connectivity index (χ1n) is 10.0. The lowest BCUT2D eigenvalue weighted by atomic mass is 9.46. The smallest absolute Gasteiger partial charge is 0.164 e. The van der Waals surface area contributed by atoms with E-state index in [0.29, 0.717) is 19.3 Å². The van der Waals surface area contributed by atoms with Gasteiger partial charge in [0.2, 0.25) is 0 Å². The minimum Gasteiger partial charge on any atom is -0.381 e. The molecule has 0 aromatic heterocycles. The largest absolute Gasteiger partial charge is 0.381 e. The third-order valence-corrected chi connectivity index (χ3v) is 8.28. The molecule has 4 rings (SSSR count). The van der Waals surface area contributed by atoms with Crippen molar-refractivity contribution in [3.05, 3.63) is 36.0 Å². The Morgan fingerprint density at radius 2 is 2.08 bits per heavy atom. The molecule has 4 aliphatic carbocycles. The maximum Gasteiger partial charge on any atom is 0.164 e. The van der Waals surface area contributed by atoms with E-state index in [1.165, 1.54) is 5.57 Å². The van der Waals surface area contributed by atoms with Crippen molar-refractivity contribution in [2.24, 2.45) is 28.6 Å². The van der Waals surface area contributed by atoms with Crippen molar-refractivity contribution in [1.29, 1.82) is 0 Å². The summed E-state index contributed by atoms with van der Waals surface area (Å²) in [6, 6.07) is 0. The number of carbonyl (C=O) groups excluding carboxylic acids is 2. The van der Waals surface area contributed by atoms with E-state index >= 15 is 0 Å². The van der Waals surface area contributed by atoms with Gasteiger partial charge in [0.05, 0.1) is 0 Å².